The van der Waals surface area contributed by atoms with E-state index >= 15 is 0 Å². The molecule has 0 saturated carbocycles. The van der Waals surface area contributed by atoms with Crippen LogP contribution in [0.5, 0.6) is 5.75 Å². The molecule has 0 aliphatic carbocycles. The molecule has 1 aromatic heterocycles. The van der Waals surface area contributed by atoms with Crippen LogP contribution >= 0.6 is 11.3 Å². The lowest BCUT2D eigenvalue weighted by Gasteiger charge is -2.25. The lowest BCUT2D eigenvalue weighted by atomic mass is 9.96. The molecule has 2 aromatic rings. The number of nitrogens with one attached hydrogen (secondary N) is 1. The molecule has 0 saturated heterocycles. The van der Waals surface area contributed by atoms with Crippen LogP contribution in [0.1, 0.15) is 41.0 Å². The molecule has 20 heavy (non-hydrogen) atoms. The number of hydrogen-bond acceptors (Lipinski definition) is 3. The summed E-state index contributed by atoms with van der Waals surface area (Å²) in [6, 6.07) is 9.00. The van der Waals surface area contributed by atoms with Crippen LogP contribution in [0.15, 0.2) is 29.6 Å². The van der Waals surface area contributed by atoms with Crippen molar-refractivity contribution in [3.8, 4) is 5.75 Å². The lowest BCUT2D eigenvalue weighted by Crippen LogP contribution is -2.23. The van der Waals surface area contributed by atoms with Crippen LogP contribution in [0.25, 0.3) is 0 Å². The molecule has 0 radical (unpaired) electrons. The molecule has 1 aromatic carbocycles. The fraction of sp³-hybridized carbons (Fsp3) is 0.412. The summed E-state index contributed by atoms with van der Waals surface area (Å²) in [6.07, 6.45) is 2.26. The summed E-state index contributed by atoms with van der Waals surface area (Å²) < 4.78 is 5.98. The average Bonchev–Trinajstić information content (AvgIpc) is 2.90. The van der Waals surface area contributed by atoms with Crippen molar-refractivity contribution in [3.05, 3.63) is 51.2 Å². The van der Waals surface area contributed by atoms with Gasteiger partial charge < -0.3 is 10.1 Å². The van der Waals surface area contributed by atoms with Gasteiger partial charge in [-0.25, -0.2) is 0 Å². The zero-order valence-corrected chi connectivity index (χ0v) is 12.9. The first kappa shape index (κ1) is 13.7. The van der Waals surface area contributed by atoms with Gasteiger partial charge in [0.2, 0.25) is 0 Å². The summed E-state index contributed by atoms with van der Waals surface area (Å²) in [6.45, 7) is 6.14. The summed E-state index contributed by atoms with van der Waals surface area (Å²) >= 11 is 1.83. The van der Waals surface area contributed by atoms with Gasteiger partial charge in [0.25, 0.3) is 0 Å². The molecule has 3 heteroatoms. The summed E-state index contributed by atoms with van der Waals surface area (Å²) in [5.41, 5.74) is 4.00. The highest BCUT2D eigenvalue weighted by molar-refractivity contribution is 7.10. The molecule has 0 fully saturated rings. The molecule has 0 amide bonds. The smallest absolute Gasteiger partial charge is 0.127 e. The van der Waals surface area contributed by atoms with Crippen molar-refractivity contribution in [3.63, 3.8) is 0 Å². The molecule has 0 bridgehead atoms. The van der Waals surface area contributed by atoms with Gasteiger partial charge in [-0.3, -0.25) is 0 Å². The maximum absolute atomic E-state index is 5.98. The highest BCUT2D eigenvalue weighted by Gasteiger charge is 2.23. The van der Waals surface area contributed by atoms with Crippen LogP contribution in [0, 0.1) is 6.92 Å². The van der Waals surface area contributed by atoms with E-state index in [0.717, 1.165) is 31.7 Å². The van der Waals surface area contributed by atoms with Crippen molar-refractivity contribution >= 4 is 11.3 Å². The molecule has 1 unspecified atom stereocenters. The van der Waals surface area contributed by atoms with E-state index in [1.807, 2.05) is 11.3 Å². The summed E-state index contributed by atoms with van der Waals surface area (Å²) in [5.74, 6) is 1.11. The van der Waals surface area contributed by atoms with Gasteiger partial charge >= 0.3 is 0 Å². The Morgan fingerprint density at radius 2 is 2.25 bits per heavy atom. The minimum Gasteiger partial charge on any atom is -0.493 e. The minimum atomic E-state index is 0.244. The predicted octanol–water partition coefficient (Wildman–Crippen LogP) is 4.08. The first-order valence-electron chi connectivity index (χ1n) is 7.33. The number of hydrogen-bond donors (Lipinski definition) is 1. The monoisotopic (exact) mass is 287 g/mol. The number of thiophene rings is 1. The van der Waals surface area contributed by atoms with Crippen molar-refractivity contribution in [2.24, 2.45) is 0 Å². The van der Waals surface area contributed by atoms with Crippen LogP contribution in [-0.2, 0) is 6.42 Å². The van der Waals surface area contributed by atoms with Gasteiger partial charge in [0.05, 0.1) is 12.6 Å². The van der Waals surface area contributed by atoms with E-state index in [-0.39, 0.29) is 6.04 Å². The normalized spacial score (nSPS) is 15.5. The van der Waals surface area contributed by atoms with Gasteiger partial charge in [-0.05, 0) is 48.9 Å². The van der Waals surface area contributed by atoms with Crippen LogP contribution < -0.4 is 10.1 Å². The van der Waals surface area contributed by atoms with Gasteiger partial charge in [0.15, 0.2) is 0 Å². The average molecular weight is 287 g/mol. The molecule has 2 nitrogen and oxygen atoms in total. The highest BCUT2D eigenvalue weighted by atomic mass is 32.1. The number of ether oxygens (including phenoxy) is 1. The van der Waals surface area contributed by atoms with Gasteiger partial charge in [0.1, 0.15) is 5.75 Å². The molecular formula is C17H21NOS. The summed E-state index contributed by atoms with van der Waals surface area (Å²) in [7, 11) is 0. The third-order valence-corrected chi connectivity index (χ3v) is 4.93. The van der Waals surface area contributed by atoms with Crippen molar-refractivity contribution in [2.75, 3.05) is 13.2 Å². The minimum absolute atomic E-state index is 0.244. The Morgan fingerprint density at radius 3 is 3.00 bits per heavy atom. The van der Waals surface area contributed by atoms with E-state index < -0.39 is 0 Å². The fourth-order valence-corrected chi connectivity index (χ4v) is 3.89. The van der Waals surface area contributed by atoms with E-state index in [4.69, 9.17) is 4.74 Å². The van der Waals surface area contributed by atoms with E-state index in [0.29, 0.717) is 0 Å². The number of aryl methyl sites for hydroxylation is 2. The molecule has 106 valence electrons. The van der Waals surface area contributed by atoms with Gasteiger partial charge in [-0.2, -0.15) is 0 Å². The molecule has 3 rings (SSSR count). The number of rotatable bonds is 4. The van der Waals surface area contributed by atoms with Crippen LogP contribution in [0.2, 0.25) is 0 Å². The summed E-state index contributed by atoms with van der Waals surface area (Å²) in [5, 5.41) is 5.79. The fourth-order valence-electron chi connectivity index (χ4n) is 2.87. The van der Waals surface area contributed by atoms with Gasteiger partial charge in [0, 0.05) is 10.4 Å². The third kappa shape index (κ3) is 2.48. The second kappa shape index (κ2) is 5.98. The van der Waals surface area contributed by atoms with Gasteiger partial charge in [-0.15, -0.1) is 11.3 Å². The Morgan fingerprint density at radius 1 is 1.35 bits per heavy atom. The van der Waals surface area contributed by atoms with Crippen LogP contribution in [0.4, 0.5) is 0 Å². The second-order valence-electron chi connectivity index (χ2n) is 5.25. The number of benzene rings is 1. The Kier molecular flexibility index (Phi) is 4.08. The van der Waals surface area contributed by atoms with Crippen LogP contribution in [-0.4, -0.2) is 13.2 Å². The molecule has 1 atom stereocenters. The first-order chi connectivity index (χ1) is 9.81. The number of fused-ring (bicyclic) bond motifs is 1. The van der Waals surface area contributed by atoms with E-state index in [9.17, 15) is 0 Å². The molecular weight excluding hydrogens is 266 g/mol. The van der Waals surface area contributed by atoms with Crippen molar-refractivity contribution in [1.82, 2.24) is 5.32 Å². The van der Waals surface area contributed by atoms with E-state index in [2.05, 4.69) is 48.8 Å². The van der Waals surface area contributed by atoms with Crippen LogP contribution in [0.3, 0.4) is 0 Å². The predicted molar refractivity (Wildman–Crippen MR) is 84.8 cm³/mol. The maximum Gasteiger partial charge on any atom is 0.127 e. The van der Waals surface area contributed by atoms with E-state index in [1.165, 1.54) is 21.6 Å². The Balaban J connectivity index is 2.06. The van der Waals surface area contributed by atoms with Gasteiger partial charge in [-0.1, -0.05) is 25.1 Å². The third-order valence-electron chi connectivity index (χ3n) is 3.85. The van der Waals surface area contributed by atoms with E-state index in [1.54, 1.807) is 0 Å². The molecule has 1 N–H and O–H groups in total. The van der Waals surface area contributed by atoms with Crippen molar-refractivity contribution in [1.29, 1.82) is 0 Å². The molecule has 1 aliphatic rings. The Labute approximate surface area is 124 Å². The largest absolute Gasteiger partial charge is 0.493 e. The zero-order chi connectivity index (χ0) is 13.9. The quantitative estimate of drug-likeness (QED) is 0.915. The SMILES string of the molecule is CCNC(c1cccc2c1OCCC2)c1sccc1C. The lowest BCUT2D eigenvalue weighted by molar-refractivity contribution is 0.283. The Bertz CT molecular complexity index is 590. The molecule has 0 spiro atoms. The zero-order valence-electron chi connectivity index (χ0n) is 12.1. The van der Waals surface area contributed by atoms with Crippen molar-refractivity contribution in [2.45, 2.75) is 32.7 Å². The summed E-state index contributed by atoms with van der Waals surface area (Å²) in [4.78, 5) is 1.40. The standard InChI is InChI=1S/C17H21NOS/c1-3-18-15(17-12(2)9-11-20-17)14-8-4-6-13-7-5-10-19-16(13)14/h4,6,8-9,11,15,18H,3,5,7,10H2,1-2H3. The topological polar surface area (TPSA) is 21.3 Å². The highest BCUT2D eigenvalue weighted by Crippen LogP contribution is 2.38. The first-order valence-corrected chi connectivity index (χ1v) is 8.21. The Hall–Kier alpha value is -1.32. The van der Waals surface area contributed by atoms with Crippen molar-refractivity contribution < 1.29 is 4.74 Å². The molecule has 1 aliphatic heterocycles. The molecule has 2 heterocycles. The number of para-hydroxylation sites is 1. The maximum atomic E-state index is 5.98. The second-order valence-corrected chi connectivity index (χ2v) is 6.19.